The molecule has 0 radical (unpaired) electrons. The first-order valence-electron chi connectivity index (χ1n) is 6.03. The molecule has 1 rings (SSSR count). The van der Waals surface area contributed by atoms with Crippen LogP contribution in [0, 0.1) is 5.92 Å². The number of aryl methyl sites for hydroxylation is 1. The number of benzene rings is 1. The number of carbonyl (C=O) groups excluding carboxylic acids is 1. The molecule has 2 nitrogen and oxygen atoms in total. The average Bonchev–Trinajstić information content (AvgIpc) is 2.35. The molecular formula is C14H21NO. The van der Waals surface area contributed by atoms with E-state index in [9.17, 15) is 4.79 Å². The van der Waals surface area contributed by atoms with Crippen LogP contribution in [-0.4, -0.2) is 12.3 Å². The molecule has 88 valence electrons. The SMILES string of the molecule is CCc1ccc(C(=O)CC(CC)CN)cc1. The lowest BCUT2D eigenvalue weighted by Gasteiger charge is -2.10. The molecule has 0 spiro atoms. The van der Waals surface area contributed by atoms with Crippen molar-refractivity contribution in [3.8, 4) is 0 Å². The summed E-state index contributed by atoms with van der Waals surface area (Å²) in [5.41, 5.74) is 7.68. The molecule has 0 aliphatic heterocycles. The molecule has 1 atom stereocenters. The third-order valence-corrected chi connectivity index (χ3v) is 3.07. The number of carbonyl (C=O) groups is 1. The average molecular weight is 219 g/mol. The van der Waals surface area contributed by atoms with Crippen molar-refractivity contribution >= 4 is 5.78 Å². The lowest BCUT2D eigenvalue weighted by molar-refractivity contribution is 0.0961. The lowest BCUT2D eigenvalue weighted by atomic mass is 9.95. The predicted octanol–water partition coefficient (Wildman–Crippen LogP) is 2.81. The molecular weight excluding hydrogens is 198 g/mol. The van der Waals surface area contributed by atoms with E-state index in [4.69, 9.17) is 5.73 Å². The molecule has 0 heterocycles. The zero-order chi connectivity index (χ0) is 12.0. The van der Waals surface area contributed by atoms with Gasteiger partial charge in [-0.1, -0.05) is 44.5 Å². The summed E-state index contributed by atoms with van der Waals surface area (Å²) in [6.45, 7) is 4.78. The lowest BCUT2D eigenvalue weighted by Crippen LogP contribution is -2.17. The maximum absolute atomic E-state index is 11.9. The Kier molecular flexibility index (Phi) is 5.20. The van der Waals surface area contributed by atoms with E-state index in [-0.39, 0.29) is 5.78 Å². The van der Waals surface area contributed by atoms with Gasteiger partial charge in [-0.05, 0) is 24.4 Å². The van der Waals surface area contributed by atoms with Crippen LogP contribution in [0.4, 0.5) is 0 Å². The Labute approximate surface area is 97.9 Å². The van der Waals surface area contributed by atoms with Gasteiger partial charge in [-0.15, -0.1) is 0 Å². The largest absolute Gasteiger partial charge is 0.330 e. The summed E-state index contributed by atoms with van der Waals surface area (Å²) in [7, 11) is 0. The van der Waals surface area contributed by atoms with Crippen LogP contribution in [0.2, 0.25) is 0 Å². The smallest absolute Gasteiger partial charge is 0.163 e. The van der Waals surface area contributed by atoms with Crippen molar-refractivity contribution in [3.05, 3.63) is 35.4 Å². The highest BCUT2D eigenvalue weighted by Gasteiger charge is 2.12. The third-order valence-electron chi connectivity index (χ3n) is 3.07. The molecule has 1 unspecified atom stereocenters. The van der Waals surface area contributed by atoms with Crippen molar-refractivity contribution in [3.63, 3.8) is 0 Å². The quantitative estimate of drug-likeness (QED) is 0.748. The molecule has 0 aliphatic rings. The van der Waals surface area contributed by atoms with Crippen LogP contribution >= 0.6 is 0 Å². The van der Waals surface area contributed by atoms with E-state index in [1.165, 1.54) is 5.56 Å². The van der Waals surface area contributed by atoms with Gasteiger partial charge in [0.1, 0.15) is 0 Å². The minimum absolute atomic E-state index is 0.208. The van der Waals surface area contributed by atoms with Gasteiger partial charge in [0.05, 0.1) is 0 Å². The van der Waals surface area contributed by atoms with Gasteiger partial charge in [0.2, 0.25) is 0 Å². The molecule has 0 amide bonds. The molecule has 0 fully saturated rings. The molecule has 16 heavy (non-hydrogen) atoms. The fourth-order valence-electron chi connectivity index (χ4n) is 1.70. The van der Waals surface area contributed by atoms with Crippen molar-refractivity contribution in [1.29, 1.82) is 0 Å². The number of rotatable bonds is 6. The molecule has 2 N–H and O–H groups in total. The standard InChI is InChI=1S/C14H21NO/c1-3-11-5-7-13(8-6-11)14(16)9-12(4-2)10-15/h5-8,12H,3-4,9-10,15H2,1-2H3. The highest BCUT2D eigenvalue weighted by molar-refractivity contribution is 5.96. The van der Waals surface area contributed by atoms with Gasteiger partial charge < -0.3 is 5.73 Å². The van der Waals surface area contributed by atoms with Crippen LogP contribution < -0.4 is 5.73 Å². The maximum Gasteiger partial charge on any atom is 0.163 e. The Morgan fingerprint density at radius 2 is 1.88 bits per heavy atom. The fourth-order valence-corrected chi connectivity index (χ4v) is 1.70. The van der Waals surface area contributed by atoms with Crippen LogP contribution in [0.5, 0.6) is 0 Å². The molecule has 1 aromatic carbocycles. The number of nitrogens with two attached hydrogens (primary N) is 1. The normalized spacial score (nSPS) is 12.4. The second kappa shape index (κ2) is 6.44. The van der Waals surface area contributed by atoms with Gasteiger partial charge in [0.25, 0.3) is 0 Å². The van der Waals surface area contributed by atoms with E-state index in [2.05, 4.69) is 13.8 Å². The Hall–Kier alpha value is -1.15. The summed E-state index contributed by atoms with van der Waals surface area (Å²) < 4.78 is 0. The van der Waals surface area contributed by atoms with Gasteiger partial charge in [0.15, 0.2) is 5.78 Å². The molecule has 0 bridgehead atoms. The van der Waals surface area contributed by atoms with E-state index >= 15 is 0 Å². The minimum Gasteiger partial charge on any atom is -0.330 e. The summed E-state index contributed by atoms with van der Waals surface area (Å²) in [5.74, 6) is 0.526. The van der Waals surface area contributed by atoms with E-state index in [0.717, 1.165) is 18.4 Å². The van der Waals surface area contributed by atoms with Gasteiger partial charge in [-0.25, -0.2) is 0 Å². The van der Waals surface area contributed by atoms with Crippen molar-refractivity contribution in [2.75, 3.05) is 6.54 Å². The van der Waals surface area contributed by atoms with Gasteiger partial charge in [-0.3, -0.25) is 4.79 Å². The Morgan fingerprint density at radius 3 is 2.31 bits per heavy atom. The zero-order valence-corrected chi connectivity index (χ0v) is 10.2. The first kappa shape index (κ1) is 12.9. The number of hydrogen-bond acceptors (Lipinski definition) is 2. The summed E-state index contributed by atoms with van der Waals surface area (Å²) >= 11 is 0. The fraction of sp³-hybridized carbons (Fsp3) is 0.500. The van der Waals surface area contributed by atoms with Crippen LogP contribution in [0.1, 0.15) is 42.6 Å². The summed E-state index contributed by atoms with van der Waals surface area (Å²) in [4.78, 5) is 11.9. The van der Waals surface area contributed by atoms with Crippen LogP contribution in [-0.2, 0) is 6.42 Å². The number of Topliss-reactive ketones (excluding diaryl/α,β-unsaturated/α-hetero) is 1. The summed E-state index contributed by atoms with van der Waals surface area (Å²) in [6.07, 6.45) is 2.54. The number of hydrogen-bond donors (Lipinski definition) is 1. The Morgan fingerprint density at radius 1 is 1.25 bits per heavy atom. The molecule has 0 saturated carbocycles. The van der Waals surface area contributed by atoms with Crippen molar-refractivity contribution < 1.29 is 4.79 Å². The van der Waals surface area contributed by atoms with Crippen LogP contribution in [0.25, 0.3) is 0 Å². The first-order chi connectivity index (χ1) is 7.71. The number of ketones is 1. The topological polar surface area (TPSA) is 43.1 Å². The highest BCUT2D eigenvalue weighted by atomic mass is 16.1. The maximum atomic E-state index is 11.9. The van der Waals surface area contributed by atoms with Crippen LogP contribution in [0.3, 0.4) is 0 Å². The van der Waals surface area contributed by atoms with E-state index in [0.29, 0.717) is 18.9 Å². The van der Waals surface area contributed by atoms with E-state index < -0.39 is 0 Å². The van der Waals surface area contributed by atoms with E-state index in [1.54, 1.807) is 0 Å². The van der Waals surface area contributed by atoms with Gasteiger partial charge in [0, 0.05) is 12.0 Å². The Bertz CT molecular complexity index is 325. The highest BCUT2D eigenvalue weighted by Crippen LogP contribution is 2.13. The van der Waals surface area contributed by atoms with Crippen molar-refractivity contribution in [2.45, 2.75) is 33.1 Å². The van der Waals surface area contributed by atoms with E-state index in [1.807, 2.05) is 24.3 Å². The van der Waals surface area contributed by atoms with Crippen molar-refractivity contribution in [2.24, 2.45) is 11.7 Å². The zero-order valence-electron chi connectivity index (χ0n) is 10.2. The summed E-state index contributed by atoms with van der Waals surface area (Å²) in [6, 6.07) is 7.89. The molecule has 1 aromatic rings. The van der Waals surface area contributed by atoms with Crippen molar-refractivity contribution in [1.82, 2.24) is 0 Å². The molecule has 0 aliphatic carbocycles. The second-order valence-electron chi connectivity index (χ2n) is 4.19. The molecule has 2 heteroatoms. The van der Waals surface area contributed by atoms with Gasteiger partial charge in [-0.2, -0.15) is 0 Å². The minimum atomic E-state index is 0.208. The predicted molar refractivity (Wildman–Crippen MR) is 67.6 cm³/mol. The third kappa shape index (κ3) is 3.46. The summed E-state index contributed by atoms with van der Waals surface area (Å²) in [5, 5.41) is 0. The van der Waals surface area contributed by atoms with Gasteiger partial charge >= 0.3 is 0 Å². The Balaban J connectivity index is 2.65. The molecule has 0 aromatic heterocycles. The monoisotopic (exact) mass is 219 g/mol. The second-order valence-corrected chi connectivity index (χ2v) is 4.19. The molecule has 0 saturated heterocycles. The van der Waals surface area contributed by atoms with Crippen LogP contribution in [0.15, 0.2) is 24.3 Å². The first-order valence-corrected chi connectivity index (χ1v) is 6.03.